The molecule has 1 atom stereocenters. The summed E-state index contributed by atoms with van der Waals surface area (Å²) in [6, 6.07) is 16.2. The van der Waals surface area contributed by atoms with Gasteiger partial charge >= 0.3 is 0 Å². The molecule has 3 aromatic rings. The lowest BCUT2D eigenvalue weighted by atomic mass is 10.1. The molecule has 2 N–H and O–H groups in total. The molecule has 0 radical (unpaired) electrons. The minimum absolute atomic E-state index is 0.109. The SMILES string of the molecule is CCC(C)NC(=O)c1ccc(Nc2c(Oc3ccccc3)cnn(C)c2=O)cc1. The number of para-hydroxylation sites is 1. The standard InChI is InChI=1S/C22H24N4O3/c1-4-15(2)24-21(27)16-10-12-17(13-11-16)25-20-19(14-23-26(3)22(20)28)29-18-8-6-5-7-9-18/h5-15,25H,4H2,1-3H3,(H,24,27). The van der Waals surface area contributed by atoms with Gasteiger partial charge in [0.25, 0.3) is 11.5 Å². The number of ether oxygens (including phenoxy) is 1. The van der Waals surface area contributed by atoms with Gasteiger partial charge in [0.2, 0.25) is 0 Å². The first-order valence-electron chi connectivity index (χ1n) is 9.45. The Labute approximate surface area is 169 Å². The van der Waals surface area contributed by atoms with Crippen LogP contribution in [0.1, 0.15) is 30.6 Å². The molecule has 3 rings (SSSR count). The van der Waals surface area contributed by atoms with E-state index < -0.39 is 0 Å². The molecule has 1 unspecified atom stereocenters. The van der Waals surface area contributed by atoms with Gasteiger partial charge in [0.15, 0.2) is 11.4 Å². The van der Waals surface area contributed by atoms with Gasteiger partial charge in [-0.2, -0.15) is 5.10 Å². The van der Waals surface area contributed by atoms with E-state index in [2.05, 4.69) is 15.7 Å². The Bertz CT molecular complexity index is 1030. The van der Waals surface area contributed by atoms with Crippen molar-refractivity contribution in [1.82, 2.24) is 15.1 Å². The summed E-state index contributed by atoms with van der Waals surface area (Å²) in [5.41, 5.74) is 1.16. The van der Waals surface area contributed by atoms with Gasteiger partial charge in [-0.1, -0.05) is 25.1 Å². The Balaban J connectivity index is 1.83. The van der Waals surface area contributed by atoms with Crippen molar-refractivity contribution in [3.63, 3.8) is 0 Å². The molecule has 0 aliphatic rings. The summed E-state index contributed by atoms with van der Waals surface area (Å²) in [5.74, 6) is 0.791. The molecular formula is C22H24N4O3. The second-order valence-electron chi connectivity index (χ2n) is 6.71. The molecule has 150 valence electrons. The average Bonchev–Trinajstić information content (AvgIpc) is 2.74. The molecule has 0 aliphatic carbocycles. The van der Waals surface area contributed by atoms with Gasteiger partial charge in [-0.3, -0.25) is 9.59 Å². The first-order valence-corrected chi connectivity index (χ1v) is 9.45. The van der Waals surface area contributed by atoms with Crippen LogP contribution in [0, 0.1) is 0 Å². The maximum Gasteiger partial charge on any atom is 0.294 e. The van der Waals surface area contributed by atoms with Gasteiger partial charge in [0.1, 0.15) is 5.75 Å². The van der Waals surface area contributed by atoms with E-state index in [1.54, 1.807) is 43.4 Å². The monoisotopic (exact) mass is 392 g/mol. The summed E-state index contributed by atoms with van der Waals surface area (Å²) in [7, 11) is 1.57. The molecular weight excluding hydrogens is 368 g/mol. The van der Waals surface area contributed by atoms with Crippen molar-refractivity contribution >= 4 is 17.3 Å². The number of aromatic nitrogens is 2. The fourth-order valence-corrected chi connectivity index (χ4v) is 2.59. The molecule has 0 aliphatic heterocycles. The number of anilines is 2. The van der Waals surface area contributed by atoms with E-state index in [1.807, 2.05) is 32.0 Å². The van der Waals surface area contributed by atoms with Crippen molar-refractivity contribution in [2.24, 2.45) is 7.05 Å². The van der Waals surface area contributed by atoms with E-state index in [0.717, 1.165) is 6.42 Å². The Hall–Kier alpha value is -3.61. The lowest BCUT2D eigenvalue weighted by Gasteiger charge is -2.14. The third-order valence-electron chi connectivity index (χ3n) is 4.48. The number of rotatable bonds is 7. The zero-order valence-electron chi connectivity index (χ0n) is 16.7. The van der Waals surface area contributed by atoms with Crippen molar-refractivity contribution in [3.05, 3.63) is 76.7 Å². The first kappa shape index (κ1) is 20.1. The van der Waals surface area contributed by atoms with Crippen molar-refractivity contribution < 1.29 is 9.53 Å². The molecule has 29 heavy (non-hydrogen) atoms. The summed E-state index contributed by atoms with van der Waals surface area (Å²) < 4.78 is 7.06. The number of hydrogen-bond acceptors (Lipinski definition) is 5. The third-order valence-corrected chi connectivity index (χ3v) is 4.48. The lowest BCUT2D eigenvalue weighted by molar-refractivity contribution is 0.0939. The van der Waals surface area contributed by atoms with E-state index >= 15 is 0 Å². The third kappa shape index (κ3) is 5.01. The van der Waals surface area contributed by atoms with Gasteiger partial charge in [0.05, 0.1) is 6.20 Å². The van der Waals surface area contributed by atoms with Crippen molar-refractivity contribution in [3.8, 4) is 11.5 Å². The highest BCUT2D eigenvalue weighted by molar-refractivity contribution is 5.94. The van der Waals surface area contributed by atoms with Crippen LogP contribution in [0.15, 0.2) is 65.6 Å². The number of aryl methyl sites for hydroxylation is 1. The highest BCUT2D eigenvalue weighted by Crippen LogP contribution is 2.28. The molecule has 1 heterocycles. The van der Waals surface area contributed by atoms with E-state index in [1.165, 1.54) is 10.9 Å². The quantitative estimate of drug-likeness (QED) is 0.638. The van der Waals surface area contributed by atoms with Crippen LogP contribution in [0.2, 0.25) is 0 Å². The number of nitrogens with one attached hydrogen (secondary N) is 2. The minimum Gasteiger partial charge on any atom is -0.453 e. The van der Waals surface area contributed by atoms with E-state index in [0.29, 0.717) is 22.7 Å². The number of amides is 1. The fourth-order valence-electron chi connectivity index (χ4n) is 2.59. The van der Waals surface area contributed by atoms with Crippen LogP contribution in [-0.2, 0) is 7.05 Å². The topological polar surface area (TPSA) is 85.2 Å². The molecule has 0 spiro atoms. The predicted molar refractivity (Wildman–Crippen MR) is 113 cm³/mol. The van der Waals surface area contributed by atoms with Crippen LogP contribution < -0.4 is 20.9 Å². The second-order valence-corrected chi connectivity index (χ2v) is 6.71. The molecule has 0 bridgehead atoms. The summed E-state index contributed by atoms with van der Waals surface area (Å²) in [6.07, 6.45) is 2.35. The van der Waals surface area contributed by atoms with Gasteiger partial charge in [-0.05, 0) is 49.7 Å². The van der Waals surface area contributed by atoms with E-state index in [4.69, 9.17) is 4.74 Å². The van der Waals surface area contributed by atoms with Crippen LogP contribution in [0.5, 0.6) is 11.5 Å². The highest BCUT2D eigenvalue weighted by atomic mass is 16.5. The molecule has 0 fully saturated rings. The Kier molecular flexibility index (Phi) is 6.29. The van der Waals surface area contributed by atoms with Gasteiger partial charge in [-0.15, -0.1) is 0 Å². The molecule has 0 saturated heterocycles. The maximum absolute atomic E-state index is 12.6. The van der Waals surface area contributed by atoms with Crippen molar-refractivity contribution in [1.29, 1.82) is 0 Å². The fraction of sp³-hybridized carbons (Fsp3) is 0.227. The Morgan fingerprint density at radius 1 is 1.14 bits per heavy atom. The normalized spacial score (nSPS) is 11.6. The Morgan fingerprint density at radius 3 is 2.48 bits per heavy atom. The van der Waals surface area contributed by atoms with Gasteiger partial charge < -0.3 is 15.4 Å². The zero-order valence-corrected chi connectivity index (χ0v) is 16.7. The predicted octanol–water partition coefficient (Wildman–Crippen LogP) is 3.84. The minimum atomic E-state index is -0.322. The molecule has 7 heteroatoms. The Morgan fingerprint density at radius 2 is 1.83 bits per heavy atom. The molecule has 7 nitrogen and oxygen atoms in total. The number of carbonyl (C=O) groups excluding carboxylic acids is 1. The van der Waals surface area contributed by atoms with Gasteiger partial charge in [0, 0.05) is 24.3 Å². The van der Waals surface area contributed by atoms with E-state index in [-0.39, 0.29) is 23.2 Å². The number of benzene rings is 2. The molecule has 2 aromatic carbocycles. The number of carbonyl (C=O) groups is 1. The maximum atomic E-state index is 12.6. The second kappa shape index (κ2) is 9.05. The summed E-state index contributed by atoms with van der Waals surface area (Å²) in [4.78, 5) is 24.8. The van der Waals surface area contributed by atoms with Crippen LogP contribution in [0.3, 0.4) is 0 Å². The van der Waals surface area contributed by atoms with Crippen molar-refractivity contribution in [2.45, 2.75) is 26.3 Å². The molecule has 0 saturated carbocycles. The van der Waals surface area contributed by atoms with E-state index in [9.17, 15) is 9.59 Å². The molecule has 1 aromatic heterocycles. The van der Waals surface area contributed by atoms with Crippen LogP contribution in [0.4, 0.5) is 11.4 Å². The lowest BCUT2D eigenvalue weighted by Crippen LogP contribution is -2.31. The summed E-state index contributed by atoms with van der Waals surface area (Å²) in [5, 5.41) is 10.1. The van der Waals surface area contributed by atoms with Gasteiger partial charge in [-0.25, -0.2) is 4.68 Å². The average molecular weight is 392 g/mol. The zero-order chi connectivity index (χ0) is 20.8. The summed E-state index contributed by atoms with van der Waals surface area (Å²) >= 11 is 0. The highest BCUT2D eigenvalue weighted by Gasteiger charge is 2.14. The number of hydrogen-bond donors (Lipinski definition) is 2. The molecule has 1 amide bonds. The summed E-state index contributed by atoms with van der Waals surface area (Å²) in [6.45, 7) is 3.98. The van der Waals surface area contributed by atoms with Crippen molar-refractivity contribution in [2.75, 3.05) is 5.32 Å². The number of nitrogens with zero attached hydrogens (tertiary/aromatic N) is 2. The smallest absolute Gasteiger partial charge is 0.294 e. The largest absolute Gasteiger partial charge is 0.453 e. The first-order chi connectivity index (χ1) is 14.0. The van der Waals surface area contributed by atoms with Crippen LogP contribution in [-0.4, -0.2) is 21.7 Å². The van der Waals surface area contributed by atoms with Crippen LogP contribution >= 0.6 is 0 Å². The van der Waals surface area contributed by atoms with Crippen LogP contribution in [0.25, 0.3) is 0 Å².